The Kier molecular flexibility index (Phi) is 8.03. The van der Waals surface area contributed by atoms with Crippen molar-refractivity contribution in [1.29, 1.82) is 0 Å². The van der Waals surface area contributed by atoms with E-state index in [2.05, 4.69) is 15.3 Å². The van der Waals surface area contributed by atoms with Gasteiger partial charge >= 0.3 is 5.97 Å². The van der Waals surface area contributed by atoms with Crippen molar-refractivity contribution >= 4 is 46.1 Å². The number of halogens is 2. The second-order valence-corrected chi connectivity index (χ2v) is 10.6. The van der Waals surface area contributed by atoms with Crippen LogP contribution >= 0.6 is 11.6 Å². The van der Waals surface area contributed by atoms with Gasteiger partial charge in [-0.3, -0.25) is 0 Å². The van der Waals surface area contributed by atoms with Crippen LogP contribution in [-0.4, -0.2) is 21.5 Å². The maximum atomic E-state index is 13.4. The van der Waals surface area contributed by atoms with Crippen LogP contribution < -0.4 is 10.1 Å². The highest BCUT2D eigenvalue weighted by molar-refractivity contribution is 6.32. The van der Waals surface area contributed by atoms with Crippen molar-refractivity contribution in [3.8, 4) is 17.1 Å². The Morgan fingerprint density at radius 1 is 1.05 bits per heavy atom. The molecule has 0 unspecified atom stereocenters. The van der Waals surface area contributed by atoms with E-state index in [-0.39, 0.29) is 12.4 Å². The monoisotopic (exact) mass is 571 g/mol. The zero-order valence-electron chi connectivity index (χ0n) is 22.7. The highest BCUT2D eigenvalue weighted by atomic mass is 35.5. The third-order valence-electron chi connectivity index (χ3n) is 5.82. The van der Waals surface area contributed by atoms with Gasteiger partial charge in [-0.05, 0) is 93.1 Å². The van der Waals surface area contributed by atoms with Crippen molar-refractivity contribution in [2.45, 2.75) is 33.0 Å². The molecule has 0 saturated carbocycles. The van der Waals surface area contributed by atoms with Crippen molar-refractivity contribution in [1.82, 2.24) is 9.97 Å². The molecule has 0 amide bonds. The molecule has 0 atom stereocenters. The molecule has 7 nitrogen and oxygen atoms in total. The van der Waals surface area contributed by atoms with E-state index >= 15 is 0 Å². The number of rotatable bonds is 8. The van der Waals surface area contributed by atoms with E-state index < -0.39 is 11.6 Å². The maximum Gasteiger partial charge on any atom is 0.331 e. The minimum absolute atomic E-state index is 0.189. The fourth-order valence-corrected chi connectivity index (χ4v) is 4.25. The number of hydrogen-bond acceptors (Lipinski definition) is 7. The fourth-order valence-electron chi connectivity index (χ4n) is 4.01. The van der Waals surface area contributed by atoms with Crippen molar-refractivity contribution in [3.05, 3.63) is 107 Å². The summed E-state index contributed by atoms with van der Waals surface area (Å²) in [6.45, 7) is 5.62. The first kappa shape index (κ1) is 27.9. The molecule has 41 heavy (non-hydrogen) atoms. The van der Waals surface area contributed by atoms with Gasteiger partial charge in [0.2, 0.25) is 0 Å². The number of benzene rings is 3. The van der Waals surface area contributed by atoms with E-state index in [1.165, 1.54) is 24.5 Å². The molecule has 0 aliphatic carbocycles. The maximum absolute atomic E-state index is 13.4. The number of carbonyl (C=O) groups is 1. The fraction of sp³-hybridized carbons (Fsp3) is 0.156. The lowest BCUT2D eigenvalue weighted by Gasteiger charge is -2.17. The molecule has 5 aromatic rings. The van der Waals surface area contributed by atoms with Crippen LogP contribution in [-0.2, 0) is 16.1 Å². The summed E-state index contributed by atoms with van der Waals surface area (Å²) in [4.78, 5) is 20.8. The molecule has 5 rings (SSSR count). The summed E-state index contributed by atoms with van der Waals surface area (Å²) < 4.78 is 30.5. The highest BCUT2D eigenvalue weighted by Crippen LogP contribution is 2.33. The topological polar surface area (TPSA) is 86.5 Å². The van der Waals surface area contributed by atoms with Crippen LogP contribution in [0.1, 0.15) is 32.1 Å². The number of carbonyl (C=O) groups excluding carboxylic acids is 1. The van der Waals surface area contributed by atoms with Gasteiger partial charge < -0.3 is 19.2 Å². The Balaban J connectivity index is 1.32. The number of ether oxygens (including phenoxy) is 2. The van der Waals surface area contributed by atoms with Gasteiger partial charge in [-0.25, -0.2) is 19.2 Å². The Morgan fingerprint density at radius 3 is 2.68 bits per heavy atom. The van der Waals surface area contributed by atoms with Gasteiger partial charge in [-0.15, -0.1) is 0 Å². The van der Waals surface area contributed by atoms with Crippen molar-refractivity contribution in [2.75, 3.05) is 5.32 Å². The van der Waals surface area contributed by atoms with Gasteiger partial charge in [-0.1, -0.05) is 23.7 Å². The molecule has 0 fully saturated rings. The summed E-state index contributed by atoms with van der Waals surface area (Å²) in [5.74, 6) is 1.43. The summed E-state index contributed by atoms with van der Waals surface area (Å²) in [5.41, 5.74) is 2.38. The molecular weight excluding hydrogens is 545 g/mol. The van der Waals surface area contributed by atoms with Crippen LogP contribution in [0.15, 0.2) is 89.6 Å². The quantitative estimate of drug-likeness (QED) is 0.148. The zero-order chi connectivity index (χ0) is 29.0. The van der Waals surface area contributed by atoms with Crippen LogP contribution in [0.3, 0.4) is 0 Å². The highest BCUT2D eigenvalue weighted by Gasteiger charge is 2.14. The molecule has 0 spiro atoms. The molecule has 208 valence electrons. The summed E-state index contributed by atoms with van der Waals surface area (Å²) in [5, 5.41) is 4.47. The zero-order valence-corrected chi connectivity index (χ0v) is 23.4. The normalized spacial score (nSPS) is 11.6. The van der Waals surface area contributed by atoms with Crippen molar-refractivity contribution in [3.63, 3.8) is 0 Å². The molecule has 9 heteroatoms. The predicted molar refractivity (Wildman–Crippen MR) is 158 cm³/mol. The van der Waals surface area contributed by atoms with Crippen LogP contribution in [0.25, 0.3) is 28.3 Å². The molecule has 0 saturated heterocycles. The molecule has 3 aromatic carbocycles. The summed E-state index contributed by atoms with van der Waals surface area (Å²) in [7, 11) is 0. The summed E-state index contributed by atoms with van der Waals surface area (Å²) in [6.07, 6.45) is 4.39. The second-order valence-electron chi connectivity index (χ2n) is 10.2. The third kappa shape index (κ3) is 7.29. The molecule has 0 aliphatic heterocycles. The molecule has 1 N–H and O–H groups in total. The number of esters is 1. The van der Waals surface area contributed by atoms with Gasteiger partial charge in [0.05, 0.1) is 10.5 Å². The Bertz CT molecular complexity index is 1740. The lowest BCUT2D eigenvalue weighted by Crippen LogP contribution is -2.22. The molecule has 0 radical (unpaired) electrons. The number of furan rings is 1. The molecule has 0 aliphatic rings. The molecule has 2 aromatic heterocycles. The van der Waals surface area contributed by atoms with Crippen LogP contribution in [0, 0.1) is 5.82 Å². The number of hydrogen-bond donors (Lipinski definition) is 1. The van der Waals surface area contributed by atoms with Crippen molar-refractivity contribution < 1.29 is 23.1 Å². The Labute approximate surface area is 241 Å². The smallest absolute Gasteiger partial charge is 0.331 e. The minimum atomic E-state index is -0.569. The minimum Gasteiger partial charge on any atom is -0.487 e. The number of nitrogens with one attached hydrogen (secondary N) is 1. The summed E-state index contributed by atoms with van der Waals surface area (Å²) >= 11 is 6.48. The first-order valence-corrected chi connectivity index (χ1v) is 13.2. The van der Waals surface area contributed by atoms with Crippen molar-refractivity contribution in [2.24, 2.45) is 0 Å². The van der Waals surface area contributed by atoms with E-state index in [0.717, 1.165) is 16.5 Å². The molecule has 2 heterocycles. The van der Waals surface area contributed by atoms with E-state index in [1.54, 1.807) is 36.4 Å². The van der Waals surface area contributed by atoms with Gasteiger partial charge in [0, 0.05) is 22.7 Å². The lowest BCUT2D eigenvalue weighted by atomic mass is 10.1. The van der Waals surface area contributed by atoms with Gasteiger partial charge in [0.25, 0.3) is 0 Å². The first-order chi connectivity index (χ1) is 19.6. The Hall–Kier alpha value is -4.69. The predicted octanol–water partition coefficient (Wildman–Crippen LogP) is 8.36. The van der Waals surface area contributed by atoms with Gasteiger partial charge in [0.1, 0.15) is 47.4 Å². The number of anilines is 2. The second kappa shape index (κ2) is 11.8. The first-order valence-electron chi connectivity index (χ1n) is 12.8. The van der Waals surface area contributed by atoms with Gasteiger partial charge in [-0.2, -0.15) is 0 Å². The number of fused-ring (bicyclic) bond motifs is 1. The lowest BCUT2D eigenvalue weighted by molar-refractivity contribution is -0.148. The average Bonchev–Trinajstić information content (AvgIpc) is 3.40. The Morgan fingerprint density at radius 2 is 1.90 bits per heavy atom. The van der Waals surface area contributed by atoms with E-state index in [1.807, 2.05) is 51.1 Å². The van der Waals surface area contributed by atoms with Crippen LogP contribution in [0.2, 0.25) is 5.02 Å². The molecule has 0 bridgehead atoms. The van der Waals surface area contributed by atoms with E-state index in [4.69, 9.17) is 25.5 Å². The standard InChI is InChI=1S/C32H27ClFN3O4/c1-32(2,3)41-30(38)14-10-24-9-13-28(40-24)21-7-11-27-25(16-21)31(36-19-35-27)37-23-8-12-29(26(33)17-23)39-18-20-5-4-6-22(34)15-20/h4-17,19H,18H2,1-3H3,(H,35,36,37)/b14-10+. The third-order valence-corrected chi connectivity index (χ3v) is 6.11. The summed E-state index contributed by atoms with van der Waals surface area (Å²) in [6, 6.07) is 20.8. The van der Waals surface area contributed by atoms with E-state index in [9.17, 15) is 9.18 Å². The number of aromatic nitrogens is 2. The molecular formula is C32H27ClFN3O4. The largest absolute Gasteiger partial charge is 0.487 e. The number of nitrogens with zero attached hydrogens (tertiary/aromatic N) is 2. The average molecular weight is 572 g/mol. The van der Waals surface area contributed by atoms with Gasteiger partial charge in [0.15, 0.2) is 0 Å². The van der Waals surface area contributed by atoms with Crippen LogP contribution in [0.5, 0.6) is 5.75 Å². The van der Waals surface area contributed by atoms with E-state index in [0.29, 0.717) is 39.4 Å². The SMILES string of the molecule is CC(C)(C)OC(=O)/C=C/c1ccc(-c2ccc3ncnc(Nc4ccc(OCc5cccc(F)c5)c(Cl)c4)c3c2)o1. The van der Waals surface area contributed by atoms with Crippen LogP contribution in [0.4, 0.5) is 15.9 Å².